The molecule has 180 valence electrons. The van der Waals surface area contributed by atoms with E-state index >= 15 is 0 Å². The molecule has 0 saturated carbocycles. The van der Waals surface area contributed by atoms with Gasteiger partial charge in [0.1, 0.15) is 23.0 Å². The summed E-state index contributed by atoms with van der Waals surface area (Å²) in [5, 5.41) is 5.21. The number of hydrogen-bond donors (Lipinski definition) is 3. The predicted molar refractivity (Wildman–Crippen MR) is 118 cm³/mol. The lowest BCUT2D eigenvalue weighted by molar-refractivity contribution is 0.0996. The Morgan fingerprint density at radius 2 is 1.94 bits per heavy atom. The third-order valence-corrected chi connectivity index (χ3v) is 6.05. The first-order valence-electron chi connectivity index (χ1n) is 10.6. The van der Waals surface area contributed by atoms with E-state index in [4.69, 9.17) is 10.5 Å². The number of anilines is 1. The average molecular weight is 486 g/mol. The van der Waals surface area contributed by atoms with Crippen molar-refractivity contribution in [3.8, 4) is 5.88 Å². The second-order valence-electron chi connectivity index (χ2n) is 7.76. The molecule has 2 aromatic rings. The number of benzene rings is 1. The largest absolute Gasteiger partial charge is 0.471 e. The number of carbonyl (C=O) groups excluding carboxylic acids is 2. The summed E-state index contributed by atoms with van der Waals surface area (Å²) in [5.41, 5.74) is 4.30. The Kier molecular flexibility index (Phi) is 8.50. The number of urea groups is 1. The molecule has 0 bridgehead atoms. The van der Waals surface area contributed by atoms with Gasteiger partial charge in [-0.3, -0.25) is 10.1 Å². The standard InChI is InChI=1S/C21H26F3N5O3S/c1-12-10-14(22)13(17(24)16(12)23)11-32-19-15(18(25)30)20(33-28-19)27-21(31)26-6-2-3-7-29-8-4-5-9-29/h10H,2-9,11H2,1H3,(H2,25,30)(H2,26,27,31). The van der Waals surface area contributed by atoms with Crippen molar-refractivity contribution in [1.82, 2.24) is 14.6 Å². The first kappa shape index (κ1) is 24.8. The summed E-state index contributed by atoms with van der Waals surface area (Å²) in [5.74, 6) is -4.83. The highest BCUT2D eigenvalue weighted by atomic mass is 32.1. The Labute approximate surface area is 193 Å². The molecular formula is C21H26F3N5O3S. The number of amides is 3. The molecule has 0 radical (unpaired) electrons. The average Bonchev–Trinajstić information content (AvgIpc) is 3.42. The summed E-state index contributed by atoms with van der Waals surface area (Å²) in [6.07, 6.45) is 4.22. The number of ether oxygens (including phenoxy) is 1. The van der Waals surface area contributed by atoms with Crippen LogP contribution in [-0.2, 0) is 6.61 Å². The molecule has 3 rings (SSSR count). The van der Waals surface area contributed by atoms with E-state index in [1.165, 1.54) is 19.8 Å². The number of unbranched alkanes of at least 4 members (excludes halogenated alkanes) is 1. The number of carbonyl (C=O) groups is 2. The number of likely N-dealkylation sites (tertiary alicyclic amines) is 1. The summed E-state index contributed by atoms with van der Waals surface area (Å²) < 4.78 is 50.9. The molecule has 2 heterocycles. The maximum atomic E-state index is 14.1. The third kappa shape index (κ3) is 6.35. The fraction of sp³-hybridized carbons (Fsp3) is 0.476. The summed E-state index contributed by atoms with van der Waals surface area (Å²) in [7, 11) is 0. The number of aryl methyl sites for hydroxylation is 1. The van der Waals surface area contributed by atoms with Crippen molar-refractivity contribution in [2.45, 2.75) is 39.2 Å². The van der Waals surface area contributed by atoms with Crippen molar-refractivity contribution in [3.05, 3.63) is 40.2 Å². The number of rotatable bonds is 10. The molecule has 0 atom stereocenters. The molecule has 1 aliphatic rings. The first-order chi connectivity index (χ1) is 15.8. The molecule has 1 fully saturated rings. The zero-order chi connectivity index (χ0) is 24.0. The monoisotopic (exact) mass is 485 g/mol. The quantitative estimate of drug-likeness (QED) is 0.352. The van der Waals surface area contributed by atoms with Gasteiger partial charge < -0.3 is 20.7 Å². The highest BCUT2D eigenvalue weighted by Crippen LogP contribution is 2.31. The number of primary amides is 1. The minimum absolute atomic E-state index is 0.0306. The molecule has 1 saturated heterocycles. The van der Waals surface area contributed by atoms with Gasteiger partial charge in [0.25, 0.3) is 5.91 Å². The molecule has 33 heavy (non-hydrogen) atoms. The molecule has 8 nitrogen and oxygen atoms in total. The van der Waals surface area contributed by atoms with E-state index in [0.717, 1.165) is 50.1 Å². The third-order valence-electron chi connectivity index (χ3n) is 5.31. The van der Waals surface area contributed by atoms with Crippen LogP contribution in [-0.4, -0.2) is 47.4 Å². The smallest absolute Gasteiger partial charge is 0.319 e. The lowest BCUT2D eigenvalue weighted by atomic mass is 10.1. The minimum Gasteiger partial charge on any atom is -0.471 e. The van der Waals surface area contributed by atoms with Crippen LogP contribution >= 0.6 is 11.5 Å². The summed E-state index contributed by atoms with van der Waals surface area (Å²) in [6.45, 7) is 4.20. The van der Waals surface area contributed by atoms with Gasteiger partial charge in [-0.15, -0.1) is 0 Å². The Hall–Kier alpha value is -2.86. The number of nitrogens with two attached hydrogens (primary N) is 1. The van der Waals surface area contributed by atoms with Gasteiger partial charge in [0, 0.05) is 6.54 Å². The topological polar surface area (TPSA) is 110 Å². The molecule has 12 heteroatoms. The van der Waals surface area contributed by atoms with E-state index in [9.17, 15) is 22.8 Å². The fourth-order valence-corrected chi connectivity index (χ4v) is 4.25. The van der Waals surface area contributed by atoms with Crippen LogP contribution in [0.15, 0.2) is 6.07 Å². The van der Waals surface area contributed by atoms with Gasteiger partial charge in [-0.2, -0.15) is 4.37 Å². The highest BCUT2D eigenvalue weighted by molar-refractivity contribution is 7.11. The van der Waals surface area contributed by atoms with Crippen LogP contribution in [0.25, 0.3) is 0 Å². The lowest BCUT2D eigenvalue weighted by Crippen LogP contribution is -2.30. The van der Waals surface area contributed by atoms with Gasteiger partial charge >= 0.3 is 6.03 Å². The zero-order valence-electron chi connectivity index (χ0n) is 18.2. The van der Waals surface area contributed by atoms with Crippen LogP contribution in [0, 0.1) is 24.4 Å². The van der Waals surface area contributed by atoms with Crippen molar-refractivity contribution < 1.29 is 27.5 Å². The molecule has 1 aromatic carbocycles. The summed E-state index contributed by atoms with van der Waals surface area (Å²) >= 11 is 0.726. The van der Waals surface area contributed by atoms with E-state index in [1.807, 2.05) is 0 Å². The van der Waals surface area contributed by atoms with Crippen molar-refractivity contribution in [2.24, 2.45) is 5.73 Å². The van der Waals surface area contributed by atoms with Crippen LogP contribution < -0.4 is 21.1 Å². The number of halogens is 3. The number of nitrogens with one attached hydrogen (secondary N) is 2. The van der Waals surface area contributed by atoms with E-state index in [0.29, 0.717) is 6.54 Å². The first-order valence-corrected chi connectivity index (χ1v) is 11.4. The van der Waals surface area contributed by atoms with E-state index < -0.39 is 41.6 Å². The van der Waals surface area contributed by atoms with E-state index in [1.54, 1.807) is 0 Å². The molecule has 4 N–H and O–H groups in total. The number of nitrogens with zero attached hydrogens (tertiary/aromatic N) is 2. The normalized spacial score (nSPS) is 13.8. The SMILES string of the molecule is Cc1cc(F)c(COc2nsc(NC(=O)NCCCCN3CCCC3)c2C(N)=O)c(F)c1F. The molecule has 1 aliphatic heterocycles. The highest BCUT2D eigenvalue weighted by Gasteiger charge is 2.24. The van der Waals surface area contributed by atoms with Crippen molar-refractivity contribution >= 4 is 28.5 Å². The predicted octanol–water partition coefficient (Wildman–Crippen LogP) is 3.54. The second kappa shape index (κ2) is 11.3. The van der Waals surface area contributed by atoms with Gasteiger partial charge in [0.05, 0.1) is 5.56 Å². The Morgan fingerprint density at radius 3 is 2.64 bits per heavy atom. The summed E-state index contributed by atoms with van der Waals surface area (Å²) in [6, 6.07) is 0.293. The zero-order valence-corrected chi connectivity index (χ0v) is 19.0. The molecule has 0 aliphatic carbocycles. The second-order valence-corrected chi connectivity index (χ2v) is 8.54. The Balaban J connectivity index is 1.55. The van der Waals surface area contributed by atoms with Crippen LogP contribution in [0.3, 0.4) is 0 Å². The molecule has 1 aromatic heterocycles. The van der Waals surface area contributed by atoms with E-state index in [2.05, 4.69) is 19.9 Å². The van der Waals surface area contributed by atoms with Crippen molar-refractivity contribution in [1.29, 1.82) is 0 Å². The lowest BCUT2D eigenvalue weighted by Gasteiger charge is -2.14. The van der Waals surface area contributed by atoms with Crippen LogP contribution in [0.1, 0.15) is 47.2 Å². The maximum Gasteiger partial charge on any atom is 0.319 e. The van der Waals surface area contributed by atoms with Gasteiger partial charge in [0.2, 0.25) is 5.88 Å². The van der Waals surface area contributed by atoms with Crippen LogP contribution in [0.4, 0.5) is 23.0 Å². The van der Waals surface area contributed by atoms with Crippen LogP contribution in [0.2, 0.25) is 0 Å². The minimum atomic E-state index is -1.38. The van der Waals surface area contributed by atoms with Crippen molar-refractivity contribution in [2.75, 3.05) is 31.5 Å². The van der Waals surface area contributed by atoms with Gasteiger partial charge in [-0.05, 0) is 75.4 Å². The Morgan fingerprint density at radius 1 is 1.21 bits per heavy atom. The maximum absolute atomic E-state index is 14.1. The summed E-state index contributed by atoms with van der Waals surface area (Å²) in [4.78, 5) is 26.4. The van der Waals surface area contributed by atoms with Crippen molar-refractivity contribution in [3.63, 3.8) is 0 Å². The number of hydrogen-bond acceptors (Lipinski definition) is 6. The number of aromatic nitrogens is 1. The molecular weight excluding hydrogens is 459 g/mol. The molecule has 0 unspecified atom stereocenters. The molecule has 0 spiro atoms. The Bertz CT molecular complexity index is 1010. The fourth-order valence-electron chi connectivity index (χ4n) is 3.52. The van der Waals surface area contributed by atoms with Gasteiger partial charge in [0.15, 0.2) is 11.6 Å². The molecule has 3 amide bonds. The van der Waals surface area contributed by atoms with Gasteiger partial charge in [-0.25, -0.2) is 18.0 Å². The van der Waals surface area contributed by atoms with Crippen LogP contribution in [0.5, 0.6) is 5.88 Å². The van der Waals surface area contributed by atoms with E-state index in [-0.39, 0.29) is 22.0 Å². The van der Waals surface area contributed by atoms with Gasteiger partial charge in [-0.1, -0.05) is 0 Å².